The van der Waals surface area contributed by atoms with Crippen LogP contribution in [0.15, 0.2) is 24.3 Å². The van der Waals surface area contributed by atoms with Gasteiger partial charge in [0.1, 0.15) is 6.61 Å². The van der Waals surface area contributed by atoms with Gasteiger partial charge in [-0.25, -0.2) is 0 Å². The van der Waals surface area contributed by atoms with Gasteiger partial charge >= 0.3 is 0 Å². The molecule has 0 saturated heterocycles. The maximum atomic E-state index is 5.98. The summed E-state index contributed by atoms with van der Waals surface area (Å²) in [5.74, 6) is 1.93. The van der Waals surface area contributed by atoms with Crippen LogP contribution in [0.3, 0.4) is 0 Å². The number of para-hydroxylation sites is 2. The first-order valence-corrected chi connectivity index (χ1v) is 5.29. The molecule has 1 atom stereocenters. The molecule has 1 heterocycles. The number of nitrogens with two attached hydrogens (primary N) is 1. The zero-order valence-corrected chi connectivity index (χ0v) is 9.19. The van der Waals surface area contributed by atoms with E-state index >= 15 is 0 Å². The standard InChI is InChI=1S/C12H17NO2/c1-9(2)12(7-13)8-14-10-5-3-4-6-11(10)15-12/h3-6,9H,7-8,13H2,1-2H3/t12-/m1/s1. The molecule has 1 aliphatic rings. The van der Waals surface area contributed by atoms with Gasteiger partial charge in [0.05, 0.1) is 0 Å². The van der Waals surface area contributed by atoms with Crippen LogP contribution in [0.4, 0.5) is 0 Å². The molecule has 1 aromatic carbocycles. The summed E-state index contributed by atoms with van der Waals surface area (Å²) in [6, 6.07) is 7.71. The second-order valence-corrected chi connectivity index (χ2v) is 4.26. The van der Waals surface area contributed by atoms with Crippen LogP contribution in [0.25, 0.3) is 0 Å². The molecule has 2 N–H and O–H groups in total. The highest BCUT2D eigenvalue weighted by molar-refractivity contribution is 5.41. The summed E-state index contributed by atoms with van der Waals surface area (Å²) in [5.41, 5.74) is 5.41. The highest BCUT2D eigenvalue weighted by Gasteiger charge is 2.39. The number of hydrogen-bond donors (Lipinski definition) is 1. The van der Waals surface area contributed by atoms with E-state index in [4.69, 9.17) is 15.2 Å². The Morgan fingerprint density at radius 1 is 1.33 bits per heavy atom. The summed E-state index contributed by atoms with van der Waals surface area (Å²) in [6.45, 7) is 5.20. The molecule has 0 fully saturated rings. The Morgan fingerprint density at radius 2 is 2.00 bits per heavy atom. The molecule has 0 amide bonds. The van der Waals surface area contributed by atoms with E-state index in [0.29, 0.717) is 19.1 Å². The normalized spacial score (nSPS) is 24.3. The van der Waals surface area contributed by atoms with Gasteiger partial charge in [0.15, 0.2) is 17.1 Å². The fourth-order valence-corrected chi connectivity index (χ4v) is 1.72. The van der Waals surface area contributed by atoms with E-state index in [2.05, 4.69) is 13.8 Å². The van der Waals surface area contributed by atoms with Gasteiger partial charge in [-0.1, -0.05) is 26.0 Å². The Labute approximate surface area is 90.2 Å². The Hall–Kier alpha value is -1.22. The van der Waals surface area contributed by atoms with Crippen molar-refractivity contribution in [2.45, 2.75) is 19.4 Å². The van der Waals surface area contributed by atoms with Crippen LogP contribution in [0, 0.1) is 5.92 Å². The van der Waals surface area contributed by atoms with E-state index in [9.17, 15) is 0 Å². The number of ether oxygens (including phenoxy) is 2. The van der Waals surface area contributed by atoms with Gasteiger partial charge in [-0.05, 0) is 18.1 Å². The largest absolute Gasteiger partial charge is 0.485 e. The third kappa shape index (κ3) is 1.67. The van der Waals surface area contributed by atoms with Crippen LogP contribution in [0.2, 0.25) is 0 Å². The minimum absolute atomic E-state index is 0.329. The van der Waals surface area contributed by atoms with Crippen LogP contribution in [0.5, 0.6) is 11.5 Å². The fourth-order valence-electron chi connectivity index (χ4n) is 1.72. The first kappa shape index (κ1) is 10.3. The van der Waals surface area contributed by atoms with Crippen LogP contribution < -0.4 is 15.2 Å². The first-order chi connectivity index (χ1) is 7.18. The Kier molecular flexibility index (Phi) is 2.57. The lowest BCUT2D eigenvalue weighted by Gasteiger charge is -2.40. The monoisotopic (exact) mass is 207 g/mol. The van der Waals surface area contributed by atoms with Crippen molar-refractivity contribution in [1.82, 2.24) is 0 Å². The van der Waals surface area contributed by atoms with Gasteiger partial charge in [-0.2, -0.15) is 0 Å². The van der Waals surface area contributed by atoms with Crippen molar-refractivity contribution in [3.05, 3.63) is 24.3 Å². The lowest BCUT2D eigenvalue weighted by Crippen LogP contribution is -2.54. The molecule has 2 rings (SSSR count). The van der Waals surface area contributed by atoms with Crippen LogP contribution in [-0.4, -0.2) is 18.8 Å². The summed E-state index contributed by atoms with van der Waals surface area (Å²) in [7, 11) is 0. The fraction of sp³-hybridized carbons (Fsp3) is 0.500. The molecular formula is C12H17NO2. The first-order valence-electron chi connectivity index (χ1n) is 5.29. The van der Waals surface area contributed by atoms with Crippen LogP contribution in [-0.2, 0) is 0 Å². The number of fused-ring (bicyclic) bond motifs is 1. The topological polar surface area (TPSA) is 44.5 Å². The molecular weight excluding hydrogens is 190 g/mol. The molecule has 0 aliphatic carbocycles. The van der Waals surface area contributed by atoms with Crippen molar-refractivity contribution in [2.24, 2.45) is 11.7 Å². The quantitative estimate of drug-likeness (QED) is 0.804. The van der Waals surface area contributed by atoms with Gasteiger partial charge in [-0.15, -0.1) is 0 Å². The Balaban J connectivity index is 2.31. The highest BCUT2D eigenvalue weighted by Crippen LogP contribution is 2.37. The third-order valence-electron chi connectivity index (χ3n) is 3.03. The Bertz CT molecular complexity index is 351. The van der Waals surface area contributed by atoms with E-state index in [1.54, 1.807) is 0 Å². The number of rotatable bonds is 2. The summed E-state index contributed by atoms with van der Waals surface area (Å²) in [5, 5.41) is 0. The van der Waals surface area contributed by atoms with E-state index in [-0.39, 0.29) is 5.60 Å². The summed E-state index contributed by atoms with van der Waals surface area (Å²) in [4.78, 5) is 0. The van der Waals surface area contributed by atoms with Crippen molar-refractivity contribution in [2.75, 3.05) is 13.2 Å². The SMILES string of the molecule is CC(C)[C@@]1(CN)COc2ccccc2O1. The van der Waals surface area contributed by atoms with E-state index in [1.807, 2.05) is 24.3 Å². The molecule has 0 radical (unpaired) electrons. The smallest absolute Gasteiger partial charge is 0.162 e. The third-order valence-corrected chi connectivity index (χ3v) is 3.03. The predicted octanol–water partition coefficient (Wildman–Crippen LogP) is 1.81. The maximum Gasteiger partial charge on any atom is 0.162 e. The zero-order valence-electron chi connectivity index (χ0n) is 9.19. The lowest BCUT2D eigenvalue weighted by molar-refractivity contribution is -0.0359. The van der Waals surface area contributed by atoms with E-state index < -0.39 is 0 Å². The number of benzene rings is 1. The predicted molar refractivity (Wildman–Crippen MR) is 59.2 cm³/mol. The summed E-state index contributed by atoms with van der Waals surface area (Å²) >= 11 is 0. The van der Waals surface area contributed by atoms with Gasteiger partial charge in [-0.3, -0.25) is 0 Å². The molecule has 1 aliphatic heterocycles. The Morgan fingerprint density at radius 3 is 2.60 bits per heavy atom. The summed E-state index contributed by atoms with van der Waals surface area (Å²) < 4.78 is 11.7. The minimum Gasteiger partial charge on any atom is -0.485 e. The molecule has 0 spiro atoms. The molecule has 15 heavy (non-hydrogen) atoms. The van der Waals surface area contributed by atoms with Crippen molar-refractivity contribution in [3.8, 4) is 11.5 Å². The van der Waals surface area contributed by atoms with Crippen molar-refractivity contribution < 1.29 is 9.47 Å². The van der Waals surface area contributed by atoms with Crippen LogP contribution >= 0.6 is 0 Å². The molecule has 3 heteroatoms. The molecule has 0 unspecified atom stereocenters. The molecule has 0 bridgehead atoms. The minimum atomic E-state index is -0.381. The average molecular weight is 207 g/mol. The molecule has 82 valence electrons. The van der Waals surface area contributed by atoms with Crippen molar-refractivity contribution in [1.29, 1.82) is 0 Å². The highest BCUT2D eigenvalue weighted by atomic mass is 16.6. The second kappa shape index (κ2) is 3.74. The lowest BCUT2D eigenvalue weighted by atomic mass is 9.90. The maximum absolute atomic E-state index is 5.98. The van der Waals surface area contributed by atoms with Gasteiger partial charge in [0, 0.05) is 6.54 Å². The van der Waals surface area contributed by atoms with Crippen molar-refractivity contribution >= 4 is 0 Å². The zero-order chi connectivity index (χ0) is 10.9. The molecule has 0 saturated carbocycles. The number of hydrogen-bond acceptors (Lipinski definition) is 3. The van der Waals surface area contributed by atoms with Gasteiger partial charge in [0.25, 0.3) is 0 Å². The molecule has 1 aromatic rings. The van der Waals surface area contributed by atoms with Gasteiger partial charge in [0.2, 0.25) is 0 Å². The van der Waals surface area contributed by atoms with E-state index in [1.165, 1.54) is 0 Å². The van der Waals surface area contributed by atoms with Gasteiger partial charge < -0.3 is 15.2 Å². The van der Waals surface area contributed by atoms with E-state index in [0.717, 1.165) is 11.5 Å². The van der Waals surface area contributed by atoms with Crippen LogP contribution in [0.1, 0.15) is 13.8 Å². The molecule has 3 nitrogen and oxygen atoms in total. The average Bonchev–Trinajstić information content (AvgIpc) is 2.28. The second-order valence-electron chi connectivity index (χ2n) is 4.26. The molecule has 0 aromatic heterocycles. The van der Waals surface area contributed by atoms with Crippen molar-refractivity contribution in [3.63, 3.8) is 0 Å². The summed E-state index contributed by atoms with van der Waals surface area (Å²) in [6.07, 6.45) is 0.